The van der Waals surface area contributed by atoms with E-state index >= 15 is 0 Å². The molecule has 2 fully saturated rings. The standard InChI is InChI=1S/C16H27N3O/c17-14-16(8-3-1-2-4-9-16)15(20)18-10-7-13-19-11-5-6-12-19/h1-13H2,(H,18,20). The van der Waals surface area contributed by atoms with E-state index in [0.29, 0.717) is 6.54 Å². The average Bonchev–Trinajstić information content (AvgIpc) is 2.86. The Morgan fingerprint density at radius 1 is 1.10 bits per heavy atom. The summed E-state index contributed by atoms with van der Waals surface area (Å²) in [5.41, 5.74) is -0.746. The molecule has 1 saturated heterocycles. The molecule has 0 aromatic carbocycles. The van der Waals surface area contributed by atoms with Gasteiger partial charge in [-0.25, -0.2) is 0 Å². The van der Waals surface area contributed by atoms with Gasteiger partial charge in [-0.1, -0.05) is 25.7 Å². The third-order valence-electron chi connectivity index (χ3n) is 4.74. The Kier molecular flexibility index (Phi) is 5.85. The van der Waals surface area contributed by atoms with Crippen molar-refractivity contribution >= 4 is 5.91 Å². The van der Waals surface area contributed by atoms with Crippen molar-refractivity contribution in [1.82, 2.24) is 10.2 Å². The van der Waals surface area contributed by atoms with Gasteiger partial charge in [0.25, 0.3) is 0 Å². The highest BCUT2D eigenvalue weighted by atomic mass is 16.2. The van der Waals surface area contributed by atoms with Crippen LogP contribution in [0.15, 0.2) is 0 Å². The molecule has 0 radical (unpaired) electrons. The van der Waals surface area contributed by atoms with Crippen LogP contribution in [0.4, 0.5) is 0 Å². The Labute approximate surface area is 122 Å². The van der Waals surface area contributed by atoms with Crippen LogP contribution in [-0.4, -0.2) is 37.0 Å². The Morgan fingerprint density at radius 3 is 2.35 bits per heavy atom. The van der Waals surface area contributed by atoms with Gasteiger partial charge in [0.15, 0.2) is 0 Å². The summed E-state index contributed by atoms with van der Waals surface area (Å²) >= 11 is 0. The number of carbonyl (C=O) groups excluding carboxylic acids is 1. The van der Waals surface area contributed by atoms with E-state index in [4.69, 9.17) is 0 Å². The largest absolute Gasteiger partial charge is 0.355 e. The van der Waals surface area contributed by atoms with Crippen LogP contribution in [0, 0.1) is 16.7 Å². The van der Waals surface area contributed by atoms with E-state index < -0.39 is 5.41 Å². The fourth-order valence-corrected chi connectivity index (χ4v) is 3.40. The molecule has 0 bridgehead atoms. The van der Waals surface area contributed by atoms with Crippen molar-refractivity contribution in [2.24, 2.45) is 5.41 Å². The molecule has 4 heteroatoms. The van der Waals surface area contributed by atoms with Gasteiger partial charge in [0.1, 0.15) is 5.41 Å². The van der Waals surface area contributed by atoms with Gasteiger partial charge < -0.3 is 10.2 Å². The summed E-state index contributed by atoms with van der Waals surface area (Å²) in [5.74, 6) is -0.0247. The summed E-state index contributed by atoms with van der Waals surface area (Å²) in [6.45, 7) is 4.19. The highest BCUT2D eigenvalue weighted by Crippen LogP contribution is 2.34. The molecule has 0 spiro atoms. The van der Waals surface area contributed by atoms with Gasteiger partial charge in [0.05, 0.1) is 6.07 Å². The number of rotatable bonds is 5. The minimum atomic E-state index is -0.746. The molecular formula is C16H27N3O. The van der Waals surface area contributed by atoms with Gasteiger partial charge in [-0.3, -0.25) is 4.79 Å². The van der Waals surface area contributed by atoms with E-state index in [2.05, 4.69) is 16.3 Å². The first-order chi connectivity index (χ1) is 9.77. The second-order valence-electron chi connectivity index (χ2n) is 6.27. The minimum Gasteiger partial charge on any atom is -0.355 e. The summed E-state index contributed by atoms with van der Waals surface area (Å²) in [6.07, 6.45) is 9.42. The van der Waals surface area contributed by atoms with Gasteiger partial charge >= 0.3 is 0 Å². The maximum atomic E-state index is 12.4. The number of hydrogen-bond acceptors (Lipinski definition) is 3. The number of amides is 1. The minimum absolute atomic E-state index is 0.0247. The lowest BCUT2D eigenvalue weighted by atomic mass is 9.81. The zero-order chi connectivity index (χ0) is 14.3. The monoisotopic (exact) mass is 277 g/mol. The molecule has 20 heavy (non-hydrogen) atoms. The maximum Gasteiger partial charge on any atom is 0.240 e. The smallest absolute Gasteiger partial charge is 0.240 e. The summed E-state index contributed by atoms with van der Waals surface area (Å²) in [4.78, 5) is 14.8. The zero-order valence-corrected chi connectivity index (χ0v) is 12.5. The number of nitrogens with one attached hydrogen (secondary N) is 1. The zero-order valence-electron chi connectivity index (χ0n) is 12.5. The number of hydrogen-bond donors (Lipinski definition) is 1. The summed E-state index contributed by atoms with van der Waals surface area (Å²) in [5, 5.41) is 12.5. The molecule has 4 nitrogen and oxygen atoms in total. The predicted molar refractivity (Wildman–Crippen MR) is 79.0 cm³/mol. The Bertz CT molecular complexity index is 347. The van der Waals surface area contributed by atoms with Crippen molar-refractivity contribution in [2.45, 2.75) is 57.8 Å². The molecule has 1 amide bonds. The van der Waals surface area contributed by atoms with E-state index in [-0.39, 0.29) is 5.91 Å². The molecule has 0 aromatic heterocycles. The Balaban J connectivity index is 1.73. The van der Waals surface area contributed by atoms with Gasteiger partial charge in [-0.05, 0) is 51.7 Å². The first-order valence-electron chi connectivity index (χ1n) is 8.19. The number of nitriles is 1. The van der Waals surface area contributed by atoms with Gasteiger partial charge in [0, 0.05) is 6.54 Å². The number of carbonyl (C=O) groups is 1. The number of nitrogens with zero attached hydrogens (tertiary/aromatic N) is 2. The van der Waals surface area contributed by atoms with Gasteiger partial charge in [-0.15, -0.1) is 0 Å². The van der Waals surface area contributed by atoms with Crippen molar-refractivity contribution in [3.05, 3.63) is 0 Å². The lowest BCUT2D eigenvalue weighted by Gasteiger charge is -2.24. The second kappa shape index (κ2) is 7.64. The maximum absolute atomic E-state index is 12.4. The molecule has 1 saturated carbocycles. The summed E-state index contributed by atoms with van der Waals surface area (Å²) in [7, 11) is 0. The molecule has 1 heterocycles. The third-order valence-corrected chi connectivity index (χ3v) is 4.74. The van der Waals surface area contributed by atoms with Crippen molar-refractivity contribution in [1.29, 1.82) is 5.26 Å². The van der Waals surface area contributed by atoms with Gasteiger partial charge in [0.2, 0.25) is 5.91 Å². The lowest BCUT2D eigenvalue weighted by Crippen LogP contribution is -2.40. The van der Waals surface area contributed by atoms with E-state index in [0.717, 1.165) is 51.5 Å². The third kappa shape index (κ3) is 3.96. The van der Waals surface area contributed by atoms with Crippen LogP contribution in [0.3, 0.4) is 0 Å². The van der Waals surface area contributed by atoms with Crippen LogP contribution in [0.25, 0.3) is 0 Å². The first kappa shape index (κ1) is 15.3. The normalized spacial score (nSPS) is 22.9. The quantitative estimate of drug-likeness (QED) is 0.620. The topological polar surface area (TPSA) is 56.1 Å². The van der Waals surface area contributed by atoms with Crippen LogP contribution in [0.5, 0.6) is 0 Å². The molecule has 112 valence electrons. The molecule has 0 unspecified atom stereocenters. The first-order valence-corrected chi connectivity index (χ1v) is 8.19. The molecule has 0 atom stereocenters. The van der Waals surface area contributed by atoms with Crippen molar-refractivity contribution in [2.75, 3.05) is 26.2 Å². The van der Waals surface area contributed by atoms with Crippen LogP contribution >= 0.6 is 0 Å². The number of likely N-dealkylation sites (tertiary alicyclic amines) is 1. The Morgan fingerprint density at radius 2 is 1.75 bits per heavy atom. The van der Waals surface area contributed by atoms with Crippen molar-refractivity contribution < 1.29 is 4.79 Å². The fourth-order valence-electron chi connectivity index (χ4n) is 3.40. The van der Waals surface area contributed by atoms with E-state index in [9.17, 15) is 10.1 Å². The molecule has 2 aliphatic rings. The second-order valence-corrected chi connectivity index (χ2v) is 6.27. The predicted octanol–water partition coefficient (Wildman–Crippen LogP) is 2.45. The molecule has 0 aromatic rings. The molecule has 1 N–H and O–H groups in total. The molecule has 1 aliphatic heterocycles. The van der Waals surface area contributed by atoms with Crippen molar-refractivity contribution in [3.63, 3.8) is 0 Å². The SMILES string of the molecule is N#CC1(C(=O)NCCCN2CCCC2)CCCCCC1. The van der Waals surface area contributed by atoms with E-state index in [1.54, 1.807) is 0 Å². The van der Waals surface area contributed by atoms with Crippen LogP contribution < -0.4 is 5.32 Å². The molecular weight excluding hydrogens is 250 g/mol. The summed E-state index contributed by atoms with van der Waals surface area (Å²) in [6, 6.07) is 2.32. The lowest BCUT2D eigenvalue weighted by molar-refractivity contribution is -0.128. The van der Waals surface area contributed by atoms with Crippen LogP contribution in [0.1, 0.15) is 57.8 Å². The van der Waals surface area contributed by atoms with E-state index in [1.165, 1.54) is 25.9 Å². The average molecular weight is 277 g/mol. The van der Waals surface area contributed by atoms with Crippen LogP contribution in [0.2, 0.25) is 0 Å². The summed E-state index contributed by atoms with van der Waals surface area (Å²) < 4.78 is 0. The van der Waals surface area contributed by atoms with Crippen molar-refractivity contribution in [3.8, 4) is 6.07 Å². The molecule has 2 rings (SSSR count). The van der Waals surface area contributed by atoms with E-state index in [1.807, 2.05) is 0 Å². The molecule has 1 aliphatic carbocycles. The van der Waals surface area contributed by atoms with Crippen LogP contribution in [-0.2, 0) is 4.79 Å². The highest BCUT2D eigenvalue weighted by molar-refractivity contribution is 5.85. The fraction of sp³-hybridized carbons (Fsp3) is 0.875. The highest BCUT2D eigenvalue weighted by Gasteiger charge is 2.38. The Hall–Kier alpha value is -1.08. The van der Waals surface area contributed by atoms with Gasteiger partial charge in [-0.2, -0.15) is 5.26 Å².